The first kappa shape index (κ1) is 15.5. The molecule has 1 aromatic rings. The van der Waals surface area contributed by atoms with E-state index in [1.54, 1.807) is 4.90 Å². The smallest absolute Gasteiger partial charge is 0.229 e. The van der Waals surface area contributed by atoms with Crippen molar-refractivity contribution in [2.45, 2.75) is 32.1 Å². The molecule has 0 atom stereocenters. The van der Waals surface area contributed by atoms with E-state index in [0.29, 0.717) is 0 Å². The first-order valence-electron chi connectivity index (χ1n) is 7.35. The highest BCUT2D eigenvalue weighted by atomic mass is 79.9. The van der Waals surface area contributed by atoms with E-state index in [2.05, 4.69) is 15.9 Å². The number of anilines is 1. The molecular formula is C16H23BrN2O. The van der Waals surface area contributed by atoms with Gasteiger partial charge >= 0.3 is 0 Å². The lowest BCUT2D eigenvalue weighted by molar-refractivity contribution is -0.123. The maximum absolute atomic E-state index is 12.6. The quantitative estimate of drug-likeness (QED) is 0.912. The van der Waals surface area contributed by atoms with Crippen molar-refractivity contribution >= 4 is 27.5 Å². The molecule has 2 rings (SSSR count). The van der Waals surface area contributed by atoms with Gasteiger partial charge in [0.1, 0.15) is 0 Å². The number of carbonyl (C=O) groups is 1. The van der Waals surface area contributed by atoms with Crippen LogP contribution in [0.4, 0.5) is 5.69 Å². The van der Waals surface area contributed by atoms with Crippen molar-refractivity contribution in [2.24, 2.45) is 17.6 Å². The number of halogens is 1. The zero-order chi connectivity index (χ0) is 14.5. The van der Waals surface area contributed by atoms with Crippen molar-refractivity contribution < 1.29 is 4.79 Å². The molecule has 0 saturated heterocycles. The summed E-state index contributed by atoms with van der Waals surface area (Å²) in [5.41, 5.74) is 6.56. The lowest BCUT2D eigenvalue weighted by Gasteiger charge is -2.30. The van der Waals surface area contributed by atoms with Gasteiger partial charge in [-0.25, -0.2) is 0 Å². The van der Waals surface area contributed by atoms with Crippen LogP contribution in [0.15, 0.2) is 28.7 Å². The SMILES string of the molecule is CN(C(=O)C1CCC(CCN)CC1)c1cccc(Br)c1. The van der Waals surface area contributed by atoms with Crippen LogP contribution in [0.5, 0.6) is 0 Å². The summed E-state index contributed by atoms with van der Waals surface area (Å²) in [6, 6.07) is 7.89. The summed E-state index contributed by atoms with van der Waals surface area (Å²) in [7, 11) is 1.87. The third kappa shape index (κ3) is 3.83. The van der Waals surface area contributed by atoms with E-state index >= 15 is 0 Å². The zero-order valence-electron chi connectivity index (χ0n) is 12.0. The van der Waals surface area contributed by atoms with Crippen LogP contribution < -0.4 is 10.6 Å². The lowest BCUT2D eigenvalue weighted by Crippen LogP contribution is -2.35. The largest absolute Gasteiger partial charge is 0.330 e. The van der Waals surface area contributed by atoms with E-state index in [9.17, 15) is 4.79 Å². The molecule has 0 heterocycles. The van der Waals surface area contributed by atoms with Gasteiger partial charge in [-0.1, -0.05) is 22.0 Å². The summed E-state index contributed by atoms with van der Waals surface area (Å²) in [5, 5.41) is 0. The molecule has 1 saturated carbocycles. The van der Waals surface area contributed by atoms with Crippen LogP contribution in [-0.2, 0) is 4.79 Å². The van der Waals surface area contributed by atoms with Gasteiger partial charge in [-0.05, 0) is 62.8 Å². The number of amides is 1. The maximum atomic E-state index is 12.6. The Balaban J connectivity index is 1.95. The van der Waals surface area contributed by atoms with Gasteiger partial charge in [0.05, 0.1) is 0 Å². The fraction of sp³-hybridized carbons (Fsp3) is 0.562. The van der Waals surface area contributed by atoms with Gasteiger partial charge < -0.3 is 10.6 Å². The van der Waals surface area contributed by atoms with Crippen LogP contribution >= 0.6 is 15.9 Å². The second-order valence-corrected chi connectivity index (χ2v) is 6.59. The molecule has 0 radical (unpaired) electrons. The molecule has 20 heavy (non-hydrogen) atoms. The van der Waals surface area contributed by atoms with Crippen molar-refractivity contribution in [2.75, 3.05) is 18.5 Å². The number of benzene rings is 1. The Labute approximate surface area is 129 Å². The number of rotatable bonds is 4. The number of nitrogens with zero attached hydrogens (tertiary/aromatic N) is 1. The van der Waals surface area contributed by atoms with Crippen LogP contribution in [0.3, 0.4) is 0 Å². The molecule has 0 aromatic heterocycles. The van der Waals surface area contributed by atoms with Gasteiger partial charge in [-0.2, -0.15) is 0 Å². The molecule has 3 nitrogen and oxygen atoms in total. The van der Waals surface area contributed by atoms with E-state index in [1.807, 2.05) is 31.3 Å². The fourth-order valence-electron chi connectivity index (χ4n) is 3.02. The predicted molar refractivity (Wildman–Crippen MR) is 86.7 cm³/mol. The number of carbonyl (C=O) groups excluding carboxylic acids is 1. The summed E-state index contributed by atoms with van der Waals surface area (Å²) in [6.07, 6.45) is 5.38. The molecule has 1 fully saturated rings. The van der Waals surface area contributed by atoms with E-state index < -0.39 is 0 Å². The van der Waals surface area contributed by atoms with Crippen molar-refractivity contribution in [3.05, 3.63) is 28.7 Å². The highest BCUT2D eigenvalue weighted by Gasteiger charge is 2.28. The molecule has 1 aromatic carbocycles. The molecule has 4 heteroatoms. The predicted octanol–water partition coefficient (Wildman–Crippen LogP) is 3.57. The Morgan fingerprint density at radius 2 is 2.05 bits per heavy atom. The Bertz CT molecular complexity index is 456. The van der Waals surface area contributed by atoms with Gasteiger partial charge in [-0.15, -0.1) is 0 Å². The molecule has 0 spiro atoms. The van der Waals surface area contributed by atoms with Gasteiger partial charge in [0, 0.05) is 23.1 Å². The second kappa shape index (κ2) is 7.23. The second-order valence-electron chi connectivity index (χ2n) is 5.67. The van der Waals surface area contributed by atoms with E-state index in [4.69, 9.17) is 5.73 Å². The molecule has 0 aliphatic heterocycles. The lowest BCUT2D eigenvalue weighted by atomic mass is 9.80. The van der Waals surface area contributed by atoms with E-state index in [-0.39, 0.29) is 11.8 Å². The summed E-state index contributed by atoms with van der Waals surface area (Å²) < 4.78 is 1.00. The van der Waals surface area contributed by atoms with Gasteiger partial charge in [-0.3, -0.25) is 4.79 Å². The molecule has 1 aliphatic rings. The Hall–Kier alpha value is -0.870. The summed E-state index contributed by atoms with van der Waals surface area (Å²) in [6.45, 7) is 0.765. The molecular weight excluding hydrogens is 316 g/mol. The highest BCUT2D eigenvalue weighted by molar-refractivity contribution is 9.10. The molecule has 0 unspecified atom stereocenters. The first-order chi connectivity index (χ1) is 9.61. The molecule has 0 bridgehead atoms. The maximum Gasteiger partial charge on any atom is 0.229 e. The Morgan fingerprint density at radius 1 is 1.35 bits per heavy atom. The van der Waals surface area contributed by atoms with Crippen LogP contribution in [0.2, 0.25) is 0 Å². The van der Waals surface area contributed by atoms with Crippen molar-refractivity contribution in [3.63, 3.8) is 0 Å². The summed E-state index contributed by atoms with van der Waals surface area (Å²) >= 11 is 3.45. The third-order valence-electron chi connectivity index (χ3n) is 4.30. The molecule has 1 amide bonds. The summed E-state index contributed by atoms with van der Waals surface area (Å²) in [5.74, 6) is 1.14. The number of nitrogens with two attached hydrogens (primary N) is 1. The van der Waals surface area contributed by atoms with Gasteiger partial charge in [0.2, 0.25) is 5.91 Å². The van der Waals surface area contributed by atoms with Crippen LogP contribution in [-0.4, -0.2) is 19.5 Å². The average molecular weight is 339 g/mol. The normalized spacial score (nSPS) is 22.6. The van der Waals surface area contributed by atoms with Gasteiger partial charge in [0.15, 0.2) is 0 Å². The topological polar surface area (TPSA) is 46.3 Å². The van der Waals surface area contributed by atoms with Crippen LogP contribution in [0, 0.1) is 11.8 Å². The van der Waals surface area contributed by atoms with Crippen LogP contribution in [0.1, 0.15) is 32.1 Å². The molecule has 2 N–H and O–H groups in total. The fourth-order valence-corrected chi connectivity index (χ4v) is 3.41. The van der Waals surface area contributed by atoms with Crippen molar-refractivity contribution in [1.29, 1.82) is 0 Å². The average Bonchev–Trinajstić information content (AvgIpc) is 2.47. The first-order valence-corrected chi connectivity index (χ1v) is 8.14. The minimum absolute atomic E-state index is 0.174. The number of hydrogen-bond acceptors (Lipinski definition) is 2. The van der Waals surface area contributed by atoms with Crippen molar-refractivity contribution in [3.8, 4) is 0 Å². The molecule has 110 valence electrons. The van der Waals surface area contributed by atoms with E-state index in [0.717, 1.165) is 54.7 Å². The minimum Gasteiger partial charge on any atom is -0.330 e. The van der Waals surface area contributed by atoms with E-state index in [1.165, 1.54) is 0 Å². The number of hydrogen-bond donors (Lipinski definition) is 1. The van der Waals surface area contributed by atoms with Crippen LogP contribution in [0.25, 0.3) is 0 Å². The molecule has 1 aliphatic carbocycles. The highest BCUT2D eigenvalue weighted by Crippen LogP contribution is 2.32. The monoisotopic (exact) mass is 338 g/mol. The standard InChI is InChI=1S/C16H23BrN2O/c1-19(15-4-2-3-14(17)11-15)16(20)13-7-5-12(6-8-13)9-10-18/h2-4,11-13H,5-10,18H2,1H3. The Kier molecular flexibility index (Phi) is 5.61. The Morgan fingerprint density at radius 3 is 2.65 bits per heavy atom. The third-order valence-corrected chi connectivity index (χ3v) is 4.79. The minimum atomic E-state index is 0.174. The summed E-state index contributed by atoms with van der Waals surface area (Å²) in [4.78, 5) is 14.4. The zero-order valence-corrected chi connectivity index (χ0v) is 13.6. The van der Waals surface area contributed by atoms with Crippen molar-refractivity contribution in [1.82, 2.24) is 0 Å². The van der Waals surface area contributed by atoms with Gasteiger partial charge in [0.25, 0.3) is 0 Å².